The highest BCUT2D eigenvalue weighted by atomic mass is 16.6. The summed E-state index contributed by atoms with van der Waals surface area (Å²) in [5, 5.41) is 22.4. The van der Waals surface area contributed by atoms with Crippen LogP contribution in [0.25, 0.3) is 0 Å². The number of piperazine rings is 1. The summed E-state index contributed by atoms with van der Waals surface area (Å²) in [7, 11) is 0. The number of aliphatic hydroxyl groups excluding tert-OH is 2. The quantitative estimate of drug-likeness (QED) is 0.528. The standard InChI is InChI=1S/C12H22N2O5/c1-8-12(9(15)6-10(16)18-8)19-11(17)7-14-4-2-13-3-5-14/h8-10,12-13,15-16H,2-7H2,1H3. The predicted octanol–water partition coefficient (Wildman–Crippen LogP) is -1.71. The van der Waals surface area contributed by atoms with E-state index in [-0.39, 0.29) is 18.9 Å². The van der Waals surface area contributed by atoms with Crippen molar-refractivity contribution in [2.24, 2.45) is 0 Å². The van der Waals surface area contributed by atoms with Gasteiger partial charge in [0.25, 0.3) is 0 Å². The summed E-state index contributed by atoms with van der Waals surface area (Å²) in [5.41, 5.74) is 0. The molecule has 7 heteroatoms. The fraction of sp³-hybridized carbons (Fsp3) is 0.917. The van der Waals surface area contributed by atoms with Crippen molar-refractivity contribution >= 4 is 5.97 Å². The van der Waals surface area contributed by atoms with Crippen molar-refractivity contribution in [1.82, 2.24) is 10.2 Å². The van der Waals surface area contributed by atoms with Crippen LogP contribution in [0, 0.1) is 0 Å². The molecule has 0 radical (unpaired) electrons. The Hall–Kier alpha value is -0.730. The number of rotatable bonds is 3. The summed E-state index contributed by atoms with van der Waals surface area (Å²) in [6.07, 6.45) is -3.03. The molecule has 2 aliphatic rings. The Morgan fingerprint density at radius 1 is 1.42 bits per heavy atom. The van der Waals surface area contributed by atoms with Crippen molar-refractivity contribution in [3.8, 4) is 0 Å². The smallest absolute Gasteiger partial charge is 0.320 e. The van der Waals surface area contributed by atoms with Gasteiger partial charge < -0.3 is 25.0 Å². The molecule has 0 spiro atoms. The number of esters is 1. The van der Waals surface area contributed by atoms with Crippen molar-refractivity contribution in [1.29, 1.82) is 0 Å². The van der Waals surface area contributed by atoms with Gasteiger partial charge in [0.05, 0.1) is 18.8 Å². The van der Waals surface area contributed by atoms with E-state index in [0.717, 1.165) is 26.2 Å². The molecule has 0 aromatic carbocycles. The minimum Gasteiger partial charge on any atom is -0.456 e. The Bertz CT molecular complexity index is 296. The molecule has 0 bridgehead atoms. The summed E-state index contributed by atoms with van der Waals surface area (Å²) in [5.74, 6) is -0.363. The lowest BCUT2D eigenvalue weighted by atomic mass is 10.0. The number of hydrogen-bond donors (Lipinski definition) is 3. The molecule has 19 heavy (non-hydrogen) atoms. The zero-order chi connectivity index (χ0) is 13.8. The minimum atomic E-state index is -0.992. The third-order valence-electron chi connectivity index (χ3n) is 3.49. The molecule has 4 unspecified atom stereocenters. The van der Waals surface area contributed by atoms with Gasteiger partial charge >= 0.3 is 5.97 Å². The van der Waals surface area contributed by atoms with Crippen LogP contribution in [0.15, 0.2) is 0 Å². The Morgan fingerprint density at radius 2 is 2.11 bits per heavy atom. The molecule has 2 saturated heterocycles. The van der Waals surface area contributed by atoms with Gasteiger partial charge in [0.2, 0.25) is 0 Å². The van der Waals surface area contributed by atoms with Gasteiger partial charge in [-0.1, -0.05) is 0 Å². The molecule has 0 amide bonds. The number of carbonyl (C=O) groups excluding carboxylic acids is 1. The Kier molecular flexibility index (Phi) is 5.12. The van der Waals surface area contributed by atoms with Crippen molar-refractivity contribution in [2.75, 3.05) is 32.7 Å². The summed E-state index contributed by atoms with van der Waals surface area (Å²) in [6.45, 7) is 5.25. The van der Waals surface area contributed by atoms with E-state index in [4.69, 9.17) is 9.47 Å². The first kappa shape index (κ1) is 14.7. The fourth-order valence-corrected chi connectivity index (χ4v) is 2.45. The second kappa shape index (κ2) is 6.62. The SMILES string of the molecule is CC1OC(O)CC(O)C1OC(=O)CN1CCNCC1. The van der Waals surface area contributed by atoms with Crippen molar-refractivity contribution in [3.63, 3.8) is 0 Å². The van der Waals surface area contributed by atoms with Crippen LogP contribution in [-0.4, -0.2) is 78.4 Å². The summed E-state index contributed by atoms with van der Waals surface area (Å²) < 4.78 is 10.4. The van der Waals surface area contributed by atoms with E-state index < -0.39 is 24.6 Å². The van der Waals surface area contributed by atoms with Crippen LogP contribution < -0.4 is 5.32 Å². The Balaban J connectivity index is 1.80. The van der Waals surface area contributed by atoms with Crippen LogP contribution in [0.1, 0.15) is 13.3 Å². The number of ether oxygens (including phenoxy) is 2. The van der Waals surface area contributed by atoms with E-state index in [2.05, 4.69) is 5.32 Å². The van der Waals surface area contributed by atoms with Crippen molar-refractivity contribution < 1.29 is 24.5 Å². The molecule has 0 saturated carbocycles. The van der Waals surface area contributed by atoms with Gasteiger partial charge in [-0.05, 0) is 6.92 Å². The van der Waals surface area contributed by atoms with Gasteiger partial charge in [-0.15, -0.1) is 0 Å². The van der Waals surface area contributed by atoms with E-state index in [9.17, 15) is 15.0 Å². The molecule has 0 aromatic heterocycles. The van der Waals surface area contributed by atoms with Gasteiger partial charge in [-0.25, -0.2) is 0 Å². The number of carbonyl (C=O) groups is 1. The lowest BCUT2D eigenvalue weighted by molar-refractivity contribution is -0.236. The highest BCUT2D eigenvalue weighted by Gasteiger charge is 2.37. The molecule has 7 nitrogen and oxygen atoms in total. The third kappa shape index (κ3) is 4.12. The summed E-state index contributed by atoms with van der Waals surface area (Å²) >= 11 is 0. The topological polar surface area (TPSA) is 91.3 Å². The molecule has 2 heterocycles. The number of nitrogens with zero attached hydrogens (tertiary/aromatic N) is 1. The monoisotopic (exact) mass is 274 g/mol. The van der Waals surface area contributed by atoms with Gasteiger partial charge in [-0.2, -0.15) is 0 Å². The van der Waals surface area contributed by atoms with Crippen LogP contribution >= 0.6 is 0 Å². The van der Waals surface area contributed by atoms with Crippen molar-refractivity contribution in [3.05, 3.63) is 0 Å². The molecule has 3 N–H and O–H groups in total. The van der Waals surface area contributed by atoms with Gasteiger partial charge in [0.15, 0.2) is 12.4 Å². The normalized spacial score (nSPS) is 37.0. The van der Waals surface area contributed by atoms with Gasteiger partial charge in [-0.3, -0.25) is 9.69 Å². The first-order valence-corrected chi connectivity index (χ1v) is 6.70. The van der Waals surface area contributed by atoms with E-state index in [1.54, 1.807) is 6.92 Å². The third-order valence-corrected chi connectivity index (χ3v) is 3.49. The highest BCUT2D eigenvalue weighted by Crippen LogP contribution is 2.21. The van der Waals surface area contributed by atoms with Crippen LogP contribution in [-0.2, 0) is 14.3 Å². The van der Waals surface area contributed by atoms with E-state index in [0.29, 0.717) is 0 Å². The van der Waals surface area contributed by atoms with Gasteiger partial charge in [0.1, 0.15) is 0 Å². The van der Waals surface area contributed by atoms with Crippen LogP contribution in [0.2, 0.25) is 0 Å². The van der Waals surface area contributed by atoms with Crippen LogP contribution in [0.3, 0.4) is 0 Å². The second-order valence-electron chi connectivity index (χ2n) is 5.08. The maximum atomic E-state index is 11.8. The number of aliphatic hydroxyl groups is 2. The molecular formula is C12H22N2O5. The lowest BCUT2D eigenvalue weighted by Crippen LogP contribution is -2.51. The predicted molar refractivity (Wildman–Crippen MR) is 66.4 cm³/mol. The first-order chi connectivity index (χ1) is 9.06. The van der Waals surface area contributed by atoms with Crippen molar-refractivity contribution in [2.45, 2.75) is 37.9 Å². The molecule has 0 aromatic rings. The van der Waals surface area contributed by atoms with E-state index in [1.165, 1.54) is 0 Å². The molecular weight excluding hydrogens is 252 g/mol. The zero-order valence-corrected chi connectivity index (χ0v) is 11.1. The van der Waals surface area contributed by atoms with E-state index >= 15 is 0 Å². The second-order valence-corrected chi connectivity index (χ2v) is 5.08. The number of hydrogen-bond acceptors (Lipinski definition) is 7. The largest absolute Gasteiger partial charge is 0.456 e. The maximum Gasteiger partial charge on any atom is 0.320 e. The average Bonchev–Trinajstić information content (AvgIpc) is 2.35. The lowest BCUT2D eigenvalue weighted by Gasteiger charge is -2.36. The molecule has 2 aliphatic heterocycles. The fourth-order valence-electron chi connectivity index (χ4n) is 2.45. The average molecular weight is 274 g/mol. The van der Waals surface area contributed by atoms with Gasteiger partial charge in [0, 0.05) is 32.6 Å². The Morgan fingerprint density at radius 3 is 2.74 bits per heavy atom. The molecule has 0 aliphatic carbocycles. The molecule has 2 fully saturated rings. The molecule has 2 rings (SSSR count). The van der Waals surface area contributed by atoms with Crippen LogP contribution in [0.5, 0.6) is 0 Å². The number of nitrogens with one attached hydrogen (secondary N) is 1. The van der Waals surface area contributed by atoms with E-state index in [1.807, 2.05) is 4.90 Å². The van der Waals surface area contributed by atoms with Crippen LogP contribution in [0.4, 0.5) is 0 Å². The highest BCUT2D eigenvalue weighted by molar-refractivity contribution is 5.72. The summed E-state index contributed by atoms with van der Waals surface area (Å²) in [4.78, 5) is 13.8. The minimum absolute atomic E-state index is 0.0654. The summed E-state index contributed by atoms with van der Waals surface area (Å²) in [6, 6.07) is 0. The maximum absolute atomic E-state index is 11.8. The zero-order valence-electron chi connectivity index (χ0n) is 11.1. The first-order valence-electron chi connectivity index (χ1n) is 6.70. The Labute approximate surface area is 112 Å². The molecule has 110 valence electrons. The molecule has 4 atom stereocenters.